The molecule has 0 aromatic heterocycles. The zero-order valence-electron chi connectivity index (χ0n) is 9.40. The first-order valence-corrected chi connectivity index (χ1v) is 5.39. The molecule has 0 aliphatic rings. The molecule has 0 unspecified atom stereocenters. The Kier molecular flexibility index (Phi) is 4.88. The number of carbonyl (C=O) groups excluding carboxylic acids is 1. The molecule has 1 atom stereocenters. The van der Waals surface area contributed by atoms with E-state index in [9.17, 15) is 4.79 Å². The fourth-order valence-electron chi connectivity index (χ4n) is 1.74. The van der Waals surface area contributed by atoms with Crippen LogP contribution in [0.25, 0.3) is 0 Å². The summed E-state index contributed by atoms with van der Waals surface area (Å²) in [6.07, 6.45) is 2.59. The number of esters is 1. The summed E-state index contributed by atoms with van der Waals surface area (Å²) in [6.45, 7) is 2.13. The Morgan fingerprint density at radius 2 is 2.00 bits per heavy atom. The van der Waals surface area contributed by atoms with Gasteiger partial charge in [0.2, 0.25) is 0 Å². The minimum absolute atomic E-state index is 0.127. The average Bonchev–Trinajstić information content (AvgIpc) is 2.29. The highest BCUT2D eigenvalue weighted by molar-refractivity contribution is 5.70. The summed E-state index contributed by atoms with van der Waals surface area (Å²) in [5.74, 6) is 0.168. The summed E-state index contributed by atoms with van der Waals surface area (Å²) in [6, 6.07) is 10.2. The van der Waals surface area contributed by atoms with Gasteiger partial charge in [0.1, 0.15) is 0 Å². The van der Waals surface area contributed by atoms with Gasteiger partial charge in [0, 0.05) is 0 Å². The summed E-state index contributed by atoms with van der Waals surface area (Å²) in [5, 5.41) is 0. The average molecular weight is 206 g/mol. The minimum atomic E-state index is -0.127. The first-order chi connectivity index (χ1) is 7.27. The Balaban J connectivity index is 2.70. The molecule has 2 nitrogen and oxygen atoms in total. The minimum Gasteiger partial charge on any atom is -0.469 e. The maximum Gasteiger partial charge on any atom is 0.306 e. The normalized spacial score (nSPS) is 12.1. The maximum absolute atomic E-state index is 11.2. The Hall–Kier alpha value is -1.31. The van der Waals surface area contributed by atoms with E-state index in [0.717, 1.165) is 12.8 Å². The molecular formula is C13H18O2. The highest BCUT2D eigenvalue weighted by Gasteiger charge is 2.14. The van der Waals surface area contributed by atoms with Crippen molar-refractivity contribution in [1.29, 1.82) is 0 Å². The fourth-order valence-corrected chi connectivity index (χ4v) is 1.74. The standard InChI is InChI=1S/C13H18O2/c1-3-7-12(10-13(14)15-2)11-8-5-4-6-9-11/h4-6,8-9,12H,3,7,10H2,1-2H3/t12-/m0/s1. The summed E-state index contributed by atoms with van der Waals surface area (Å²) in [7, 11) is 1.44. The summed E-state index contributed by atoms with van der Waals surface area (Å²) in [5.41, 5.74) is 1.23. The summed E-state index contributed by atoms with van der Waals surface area (Å²) < 4.78 is 4.71. The van der Waals surface area contributed by atoms with Gasteiger partial charge in [0.25, 0.3) is 0 Å². The van der Waals surface area contributed by atoms with Gasteiger partial charge in [-0.15, -0.1) is 0 Å². The van der Waals surface area contributed by atoms with Crippen LogP contribution in [0.2, 0.25) is 0 Å². The number of methoxy groups -OCH3 is 1. The molecule has 0 heterocycles. The molecule has 1 aromatic carbocycles. The first-order valence-electron chi connectivity index (χ1n) is 5.39. The van der Waals surface area contributed by atoms with E-state index in [-0.39, 0.29) is 5.97 Å². The van der Waals surface area contributed by atoms with Crippen LogP contribution in [-0.4, -0.2) is 13.1 Å². The molecule has 0 fully saturated rings. The van der Waals surface area contributed by atoms with Crippen molar-refractivity contribution in [2.45, 2.75) is 32.1 Å². The van der Waals surface area contributed by atoms with E-state index in [1.54, 1.807) is 0 Å². The van der Waals surface area contributed by atoms with Crippen LogP contribution in [0.1, 0.15) is 37.7 Å². The smallest absolute Gasteiger partial charge is 0.306 e. The molecular weight excluding hydrogens is 188 g/mol. The Morgan fingerprint density at radius 1 is 1.33 bits per heavy atom. The predicted octanol–water partition coefficient (Wildman–Crippen LogP) is 3.13. The van der Waals surface area contributed by atoms with Crippen molar-refractivity contribution in [2.24, 2.45) is 0 Å². The van der Waals surface area contributed by atoms with Crippen LogP contribution in [0.4, 0.5) is 0 Å². The number of benzene rings is 1. The number of ether oxygens (including phenoxy) is 1. The molecule has 0 spiro atoms. The third-order valence-electron chi connectivity index (χ3n) is 2.55. The lowest BCUT2D eigenvalue weighted by atomic mass is 9.91. The molecule has 0 amide bonds. The van der Waals surface area contributed by atoms with E-state index < -0.39 is 0 Å². The molecule has 15 heavy (non-hydrogen) atoms. The lowest BCUT2D eigenvalue weighted by Crippen LogP contribution is -2.08. The lowest BCUT2D eigenvalue weighted by Gasteiger charge is -2.14. The molecule has 0 N–H and O–H groups in total. The molecule has 1 aromatic rings. The quantitative estimate of drug-likeness (QED) is 0.692. The molecule has 82 valence electrons. The van der Waals surface area contributed by atoms with Gasteiger partial charge < -0.3 is 4.74 Å². The largest absolute Gasteiger partial charge is 0.469 e. The lowest BCUT2D eigenvalue weighted by molar-refractivity contribution is -0.141. The Labute approximate surface area is 91.3 Å². The van der Waals surface area contributed by atoms with Crippen LogP contribution in [0, 0.1) is 0 Å². The van der Waals surface area contributed by atoms with Gasteiger partial charge >= 0.3 is 5.97 Å². The van der Waals surface area contributed by atoms with Crippen molar-refractivity contribution in [3.05, 3.63) is 35.9 Å². The number of carbonyl (C=O) groups is 1. The molecule has 0 aliphatic heterocycles. The van der Waals surface area contributed by atoms with Gasteiger partial charge in [0.05, 0.1) is 13.5 Å². The van der Waals surface area contributed by atoms with E-state index in [4.69, 9.17) is 4.74 Å². The fraction of sp³-hybridized carbons (Fsp3) is 0.462. The molecule has 0 aliphatic carbocycles. The monoisotopic (exact) mass is 206 g/mol. The van der Waals surface area contributed by atoms with E-state index in [1.165, 1.54) is 12.7 Å². The summed E-state index contributed by atoms with van der Waals surface area (Å²) in [4.78, 5) is 11.2. The van der Waals surface area contributed by atoms with Crippen molar-refractivity contribution in [3.8, 4) is 0 Å². The van der Waals surface area contributed by atoms with Gasteiger partial charge in [-0.25, -0.2) is 0 Å². The third kappa shape index (κ3) is 3.74. The SMILES string of the molecule is CCC[C@@H](CC(=O)OC)c1ccccc1. The molecule has 2 heteroatoms. The van der Waals surface area contributed by atoms with Gasteiger partial charge in [0.15, 0.2) is 0 Å². The van der Waals surface area contributed by atoms with Crippen LogP contribution in [-0.2, 0) is 9.53 Å². The van der Waals surface area contributed by atoms with Crippen LogP contribution in [0.5, 0.6) is 0 Å². The second kappa shape index (κ2) is 6.23. The van der Waals surface area contributed by atoms with E-state index in [1.807, 2.05) is 18.2 Å². The van der Waals surface area contributed by atoms with Gasteiger partial charge in [-0.3, -0.25) is 4.79 Å². The van der Waals surface area contributed by atoms with Crippen molar-refractivity contribution in [3.63, 3.8) is 0 Å². The van der Waals surface area contributed by atoms with Gasteiger partial charge in [-0.05, 0) is 17.9 Å². The third-order valence-corrected chi connectivity index (χ3v) is 2.55. The van der Waals surface area contributed by atoms with Crippen LogP contribution in [0.3, 0.4) is 0 Å². The van der Waals surface area contributed by atoms with Crippen LogP contribution in [0.15, 0.2) is 30.3 Å². The molecule has 0 bridgehead atoms. The first kappa shape index (κ1) is 11.8. The molecule has 0 saturated heterocycles. The van der Waals surface area contributed by atoms with E-state index in [0.29, 0.717) is 12.3 Å². The Bertz CT molecular complexity index is 293. The maximum atomic E-state index is 11.2. The molecule has 1 rings (SSSR count). The molecule has 0 saturated carbocycles. The van der Waals surface area contributed by atoms with Gasteiger partial charge in [-0.1, -0.05) is 43.7 Å². The highest BCUT2D eigenvalue weighted by Crippen LogP contribution is 2.24. The van der Waals surface area contributed by atoms with Gasteiger partial charge in [-0.2, -0.15) is 0 Å². The van der Waals surface area contributed by atoms with Crippen molar-refractivity contribution >= 4 is 5.97 Å². The van der Waals surface area contributed by atoms with Crippen LogP contribution >= 0.6 is 0 Å². The topological polar surface area (TPSA) is 26.3 Å². The van der Waals surface area contributed by atoms with E-state index >= 15 is 0 Å². The van der Waals surface area contributed by atoms with E-state index in [2.05, 4.69) is 19.1 Å². The second-order valence-electron chi connectivity index (χ2n) is 3.68. The second-order valence-corrected chi connectivity index (χ2v) is 3.68. The number of hydrogen-bond acceptors (Lipinski definition) is 2. The Morgan fingerprint density at radius 3 is 2.53 bits per heavy atom. The zero-order chi connectivity index (χ0) is 11.1. The van der Waals surface area contributed by atoms with Crippen molar-refractivity contribution < 1.29 is 9.53 Å². The highest BCUT2D eigenvalue weighted by atomic mass is 16.5. The van der Waals surface area contributed by atoms with Crippen LogP contribution < -0.4 is 0 Å². The van der Waals surface area contributed by atoms with Crippen molar-refractivity contribution in [1.82, 2.24) is 0 Å². The van der Waals surface area contributed by atoms with Crippen molar-refractivity contribution in [2.75, 3.05) is 7.11 Å². The number of rotatable bonds is 5. The molecule has 0 radical (unpaired) electrons. The zero-order valence-corrected chi connectivity index (χ0v) is 9.40. The number of hydrogen-bond donors (Lipinski definition) is 0. The predicted molar refractivity (Wildman–Crippen MR) is 60.7 cm³/mol. The summed E-state index contributed by atoms with van der Waals surface area (Å²) >= 11 is 0.